The van der Waals surface area contributed by atoms with Crippen LogP contribution < -0.4 is 5.14 Å². The summed E-state index contributed by atoms with van der Waals surface area (Å²) in [4.78, 5) is 4.82. The third-order valence-corrected chi connectivity index (χ3v) is 5.88. The number of rotatable bonds is 3. The van der Waals surface area contributed by atoms with Crippen molar-refractivity contribution in [2.45, 2.75) is 56.8 Å². The highest BCUT2D eigenvalue weighted by Crippen LogP contribution is 2.69. The predicted molar refractivity (Wildman–Crippen MR) is 92.3 cm³/mol. The van der Waals surface area contributed by atoms with Crippen LogP contribution in [0.1, 0.15) is 63.6 Å². The van der Waals surface area contributed by atoms with Crippen LogP contribution in [0.15, 0.2) is 39.8 Å². The second kappa shape index (κ2) is 5.17. The zero-order chi connectivity index (χ0) is 17.9. The highest BCUT2D eigenvalue weighted by Gasteiger charge is 2.61. The van der Waals surface area contributed by atoms with Crippen molar-refractivity contribution in [2.75, 3.05) is 0 Å². The van der Waals surface area contributed by atoms with Gasteiger partial charge in [-0.3, -0.25) is 0 Å². The molecule has 24 heavy (non-hydrogen) atoms. The van der Waals surface area contributed by atoms with Gasteiger partial charge in [0.15, 0.2) is 5.89 Å². The fraction of sp³-hybridized carbons (Fsp3) is 0.500. The fourth-order valence-corrected chi connectivity index (χ4v) is 3.88. The molecule has 0 unspecified atom stereocenters. The maximum atomic E-state index is 11.4. The Hall–Kier alpha value is -1.66. The van der Waals surface area contributed by atoms with Crippen LogP contribution in [0.5, 0.6) is 0 Å². The summed E-state index contributed by atoms with van der Waals surface area (Å²) in [5.41, 5.74) is 1.99. The summed E-state index contributed by atoms with van der Waals surface area (Å²) in [7, 11) is -3.66. The molecule has 0 aliphatic heterocycles. The van der Waals surface area contributed by atoms with E-state index in [1.807, 2.05) is 12.1 Å². The van der Waals surface area contributed by atoms with Gasteiger partial charge in [0.05, 0.1) is 10.6 Å². The van der Waals surface area contributed by atoms with E-state index < -0.39 is 10.0 Å². The van der Waals surface area contributed by atoms with E-state index in [0.29, 0.717) is 0 Å². The molecule has 0 spiro atoms. The Bertz CT molecular complexity index is 858. The molecule has 130 valence electrons. The molecule has 1 fully saturated rings. The first-order valence-electron chi connectivity index (χ1n) is 8.01. The molecule has 1 saturated carbocycles. The van der Waals surface area contributed by atoms with Crippen LogP contribution >= 0.6 is 0 Å². The molecule has 1 aromatic heterocycles. The number of oxazole rings is 1. The number of nitrogens with two attached hydrogens (primary N) is 1. The molecule has 5 nitrogen and oxygen atoms in total. The molecule has 2 atom stereocenters. The highest BCUT2D eigenvalue weighted by molar-refractivity contribution is 7.89. The van der Waals surface area contributed by atoms with Crippen LogP contribution in [0.2, 0.25) is 0 Å². The molecule has 6 heteroatoms. The molecule has 0 saturated heterocycles. The maximum Gasteiger partial charge on any atom is 0.238 e. The van der Waals surface area contributed by atoms with Crippen molar-refractivity contribution in [2.24, 2.45) is 10.6 Å². The number of hydrogen-bond acceptors (Lipinski definition) is 4. The Morgan fingerprint density at radius 3 is 2.17 bits per heavy atom. The van der Waals surface area contributed by atoms with E-state index in [2.05, 4.69) is 39.6 Å². The molecule has 1 heterocycles. The van der Waals surface area contributed by atoms with Crippen LogP contribution in [0.25, 0.3) is 0 Å². The smallest absolute Gasteiger partial charge is 0.238 e. The van der Waals surface area contributed by atoms with Crippen molar-refractivity contribution in [1.82, 2.24) is 4.98 Å². The van der Waals surface area contributed by atoms with Crippen molar-refractivity contribution < 1.29 is 12.8 Å². The van der Waals surface area contributed by atoms with Gasteiger partial charge < -0.3 is 4.42 Å². The minimum atomic E-state index is -3.66. The molecular formula is C18H24N2O3S. The molecule has 0 radical (unpaired) electrons. The zero-order valence-electron chi connectivity index (χ0n) is 14.7. The molecule has 1 aromatic carbocycles. The van der Waals surface area contributed by atoms with Crippen molar-refractivity contribution in [3.8, 4) is 0 Å². The molecule has 1 aliphatic rings. The number of benzene rings is 1. The van der Waals surface area contributed by atoms with Crippen LogP contribution in [0.3, 0.4) is 0 Å². The Kier molecular flexibility index (Phi) is 3.70. The lowest BCUT2D eigenvalue weighted by Crippen LogP contribution is -2.11. The van der Waals surface area contributed by atoms with Crippen LogP contribution in [0.4, 0.5) is 0 Å². The third-order valence-electron chi connectivity index (χ3n) is 4.95. The van der Waals surface area contributed by atoms with Crippen LogP contribution in [-0.2, 0) is 15.4 Å². The number of primary sulfonamides is 1. The quantitative estimate of drug-likeness (QED) is 0.919. The average Bonchev–Trinajstić information content (AvgIpc) is 2.83. The Labute approximate surface area is 143 Å². The van der Waals surface area contributed by atoms with Crippen molar-refractivity contribution in [1.29, 1.82) is 0 Å². The summed E-state index contributed by atoms with van der Waals surface area (Å²) in [6, 6.07) is 6.79. The topological polar surface area (TPSA) is 86.2 Å². The van der Waals surface area contributed by atoms with E-state index in [-0.39, 0.29) is 27.6 Å². The maximum absolute atomic E-state index is 11.4. The Balaban J connectivity index is 1.89. The van der Waals surface area contributed by atoms with E-state index in [9.17, 15) is 8.42 Å². The fourth-order valence-electron chi connectivity index (χ4n) is 3.36. The Morgan fingerprint density at radius 2 is 1.71 bits per heavy atom. The lowest BCUT2D eigenvalue weighted by Gasteiger charge is -2.13. The van der Waals surface area contributed by atoms with Crippen molar-refractivity contribution >= 4 is 10.0 Å². The van der Waals surface area contributed by atoms with Gasteiger partial charge in [-0.1, -0.05) is 46.8 Å². The summed E-state index contributed by atoms with van der Waals surface area (Å²) in [6.07, 6.45) is 1.74. The summed E-state index contributed by atoms with van der Waals surface area (Å²) >= 11 is 0. The molecule has 1 aliphatic carbocycles. The van der Waals surface area contributed by atoms with Gasteiger partial charge in [0.2, 0.25) is 10.0 Å². The average molecular weight is 348 g/mol. The largest absolute Gasteiger partial charge is 0.448 e. The monoisotopic (exact) mass is 348 g/mol. The SMILES string of the molecule is CC(C)(C)c1coc([C@@H]2[C@@H](c3ccc(S(N)(=O)=O)cc3)C2(C)C)n1. The number of hydrogen-bond donors (Lipinski definition) is 1. The molecular weight excluding hydrogens is 324 g/mol. The first kappa shape index (κ1) is 17.2. The predicted octanol–water partition coefficient (Wildman–Crippen LogP) is 3.53. The van der Waals surface area contributed by atoms with E-state index in [0.717, 1.165) is 17.1 Å². The first-order chi connectivity index (χ1) is 10.9. The third kappa shape index (κ3) is 2.89. The van der Waals surface area contributed by atoms with Crippen molar-refractivity contribution in [3.05, 3.63) is 47.7 Å². The minimum absolute atomic E-state index is 0.0170. The highest BCUT2D eigenvalue weighted by atomic mass is 32.2. The number of aromatic nitrogens is 1. The first-order valence-corrected chi connectivity index (χ1v) is 9.55. The van der Waals surface area contributed by atoms with Crippen LogP contribution in [0, 0.1) is 5.41 Å². The second-order valence-electron chi connectivity index (χ2n) is 8.21. The summed E-state index contributed by atoms with van der Waals surface area (Å²) < 4.78 is 28.5. The number of nitrogens with zero attached hydrogens (tertiary/aromatic N) is 1. The summed E-state index contributed by atoms with van der Waals surface area (Å²) in [5.74, 6) is 1.19. The normalized spacial score (nSPS) is 23.2. The molecule has 3 rings (SSSR count). The van der Waals surface area contributed by atoms with Gasteiger partial charge in [-0.2, -0.15) is 0 Å². The van der Waals surface area contributed by atoms with Gasteiger partial charge in [0.25, 0.3) is 0 Å². The molecule has 2 aromatic rings. The summed E-state index contributed by atoms with van der Waals surface area (Å²) in [6.45, 7) is 10.7. The minimum Gasteiger partial charge on any atom is -0.448 e. The van der Waals surface area contributed by atoms with Gasteiger partial charge in [0.1, 0.15) is 6.26 Å². The van der Waals surface area contributed by atoms with E-state index >= 15 is 0 Å². The number of sulfonamides is 1. The standard InChI is InChI=1S/C18H24N2O3S/c1-17(2,3)13-10-23-16(20-13)15-14(18(15,4)5)11-6-8-12(9-7-11)24(19,21)22/h6-10,14-15H,1-5H3,(H2,19,21,22)/t14-,15+/m1/s1. The molecule has 0 bridgehead atoms. The van der Waals surface area contributed by atoms with Gasteiger partial charge in [-0.15, -0.1) is 0 Å². The van der Waals surface area contributed by atoms with Crippen LogP contribution in [-0.4, -0.2) is 13.4 Å². The van der Waals surface area contributed by atoms with E-state index in [1.165, 1.54) is 0 Å². The van der Waals surface area contributed by atoms with Crippen molar-refractivity contribution in [3.63, 3.8) is 0 Å². The van der Waals surface area contributed by atoms with E-state index in [1.54, 1.807) is 18.4 Å². The molecule has 0 amide bonds. The van der Waals surface area contributed by atoms with Gasteiger partial charge in [-0.05, 0) is 23.1 Å². The van der Waals surface area contributed by atoms with E-state index in [4.69, 9.17) is 9.56 Å². The summed E-state index contributed by atoms with van der Waals surface area (Å²) in [5, 5.41) is 5.16. The van der Waals surface area contributed by atoms with Gasteiger partial charge in [0, 0.05) is 17.3 Å². The van der Waals surface area contributed by atoms with Gasteiger partial charge >= 0.3 is 0 Å². The second-order valence-corrected chi connectivity index (χ2v) is 9.77. The molecule has 2 N–H and O–H groups in total. The lowest BCUT2D eigenvalue weighted by atomic mass is 9.93. The lowest BCUT2D eigenvalue weighted by molar-refractivity contribution is 0.466. The van der Waals surface area contributed by atoms with Gasteiger partial charge in [-0.25, -0.2) is 18.5 Å². The Morgan fingerprint density at radius 1 is 1.12 bits per heavy atom. The zero-order valence-corrected chi connectivity index (χ0v) is 15.5.